The Bertz CT molecular complexity index is 1450. The largest absolute Gasteiger partial charge is 0.360 e. The maximum atomic E-state index is 13.7. The Balaban J connectivity index is 1.56. The van der Waals surface area contributed by atoms with Gasteiger partial charge < -0.3 is 9.84 Å². The number of rotatable bonds is 4. The molecule has 1 amide bonds. The van der Waals surface area contributed by atoms with Gasteiger partial charge >= 0.3 is 0 Å². The zero-order valence-electron chi connectivity index (χ0n) is 18.3. The molecular formula is C25H23N3O4S. The number of hydrogen-bond donors (Lipinski definition) is 1. The normalized spacial score (nSPS) is 16.5. The van der Waals surface area contributed by atoms with E-state index < -0.39 is 16.1 Å². The standard InChI is InChI=1S/C25H23N3O4S/c1-16-24(17(2)32-27-16)33(30,31)28-15-20-10-4-3-9-19(20)14-23(28)25(29)26-22-13-7-11-18-8-5-6-12-21(18)22/h3-13,23H,14-15H2,1-2H3,(H,26,29). The van der Waals surface area contributed by atoms with Crippen molar-refractivity contribution in [3.8, 4) is 0 Å². The minimum absolute atomic E-state index is 0.0184. The molecule has 0 fully saturated rings. The van der Waals surface area contributed by atoms with E-state index in [2.05, 4.69) is 10.5 Å². The number of hydrogen-bond acceptors (Lipinski definition) is 5. The molecule has 168 valence electrons. The van der Waals surface area contributed by atoms with Crippen LogP contribution in [0.2, 0.25) is 0 Å². The molecule has 0 radical (unpaired) electrons. The van der Waals surface area contributed by atoms with Gasteiger partial charge in [-0.2, -0.15) is 4.31 Å². The second-order valence-electron chi connectivity index (χ2n) is 8.21. The summed E-state index contributed by atoms with van der Waals surface area (Å²) >= 11 is 0. The third-order valence-electron chi connectivity index (χ3n) is 6.09. The molecule has 7 nitrogen and oxygen atoms in total. The average molecular weight is 462 g/mol. The second kappa shape index (κ2) is 8.13. The zero-order chi connectivity index (χ0) is 23.2. The van der Waals surface area contributed by atoms with Crippen molar-refractivity contribution in [3.63, 3.8) is 0 Å². The monoisotopic (exact) mass is 461 g/mol. The van der Waals surface area contributed by atoms with Crippen molar-refractivity contribution >= 4 is 32.4 Å². The first-order valence-electron chi connectivity index (χ1n) is 10.7. The predicted molar refractivity (Wildman–Crippen MR) is 125 cm³/mol. The summed E-state index contributed by atoms with van der Waals surface area (Å²) in [4.78, 5) is 13.6. The van der Waals surface area contributed by atoms with Gasteiger partial charge in [0.15, 0.2) is 5.76 Å². The van der Waals surface area contributed by atoms with Crippen LogP contribution in [0.5, 0.6) is 0 Å². The first-order valence-corrected chi connectivity index (χ1v) is 12.1. The number of sulfonamides is 1. The highest BCUT2D eigenvalue weighted by Gasteiger charge is 2.42. The molecule has 1 aliphatic heterocycles. The fraction of sp³-hybridized carbons (Fsp3) is 0.200. The number of carbonyl (C=O) groups is 1. The summed E-state index contributed by atoms with van der Waals surface area (Å²) in [5.74, 6) is -0.171. The van der Waals surface area contributed by atoms with E-state index in [-0.39, 0.29) is 35.2 Å². The summed E-state index contributed by atoms with van der Waals surface area (Å²) in [6.07, 6.45) is 0.273. The van der Waals surface area contributed by atoms with Crippen LogP contribution in [0.1, 0.15) is 22.6 Å². The number of fused-ring (bicyclic) bond motifs is 2. The lowest BCUT2D eigenvalue weighted by atomic mass is 9.95. The molecule has 0 aliphatic carbocycles. The summed E-state index contributed by atoms with van der Waals surface area (Å²) in [6.45, 7) is 3.25. The Hall–Kier alpha value is -3.49. The predicted octanol–water partition coefficient (Wildman–Crippen LogP) is 4.20. The van der Waals surface area contributed by atoms with Crippen molar-refractivity contribution in [1.82, 2.24) is 9.46 Å². The van der Waals surface area contributed by atoms with Gasteiger partial charge in [0, 0.05) is 17.6 Å². The fourth-order valence-corrected chi connectivity index (χ4v) is 6.35. The molecule has 1 aromatic heterocycles. The van der Waals surface area contributed by atoms with Crippen LogP contribution in [0.4, 0.5) is 5.69 Å². The van der Waals surface area contributed by atoms with Crippen LogP contribution < -0.4 is 5.32 Å². The highest BCUT2D eigenvalue weighted by Crippen LogP contribution is 2.33. The first kappa shape index (κ1) is 21.4. The van der Waals surface area contributed by atoms with Gasteiger partial charge in [0.05, 0.1) is 0 Å². The van der Waals surface area contributed by atoms with Gasteiger partial charge in [0.25, 0.3) is 0 Å². The molecule has 5 rings (SSSR count). The molecule has 2 heterocycles. The minimum Gasteiger partial charge on any atom is -0.360 e. The van der Waals surface area contributed by atoms with Crippen molar-refractivity contribution in [1.29, 1.82) is 0 Å². The highest BCUT2D eigenvalue weighted by molar-refractivity contribution is 7.89. The molecule has 33 heavy (non-hydrogen) atoms. The second-order valence-corrected chi connectivity index (χ2v) is 10.0. The lowest BCUT2D eigenvalue weighted by Crippen LogP contribution is -2.50. The quantitative estimate of drug-likeness (QED) is 0.492. The van der Waals surface area contributed by atoms with Gasteiger partial charge in [0.1, 0.15) is 16.6 Å². The summed E-state index contributed by atoms with van der Waals surface area (Å²) < 4.78 is 33.8. The third-order valence-corrected chi connectivity index (χ3v) is 8.19. The lowest BCUT2D eigenvalue weighted by molar-refractivity contribution is -0.120. The number of benzene rings is 3. The molecular weight excluding hydrogens is 438 g/mol. The number of aromatic nitrogens is 1. The number of nitrogens with one attached hydrogen (secondary N) is 1. The summed E-state index contributed by atoms with van der Waals surface area (Å²) in [5.41, 5.74) is 2.76. The van der Waals surface area contributed by atoms with E-state index in [9.17, 15) is 13.2 Å². The number of anilines is 1. The van der Waals surface area contributed by atoms with Crippen LogP contribution in [0.3, 0.4) is 0 Å². The van der Waals surface area contributed by atoms with E-state index >= 15 is 0 Å². The smallest absolute Gasteiger partial charge is 0.249 e. The molecule has 1 N–H and O–H groups in total. The van der Waals surface area contributed by atoms with Crippen molar-refractivity contribution in [3.05, 3.63) is 89.3 Å². The van der Waals surface area contributed by atoms with Crippen molar-refractivity contribution in [2.24, 2.45) is 0 Å². The number of aryl methyl sites for hydroxylation is 2. The van der Waals surface area contributed by atoms with Crippen LogP contribution >= 0.6 is 0 Å². The van der Waals surface area contributed by atoms with Crippen molar-refractivity contribution in [2.75, 3.05) is 5.32 Å². The molecule has 8 heteroatoms. The highest BCUT2D eigenvalue weighted by atomic mass is 32.2. The SMILES string of the molecule is Cc1noc(C)c1S(=O)(=O)N1Cc2ccccc2CC1C(=O)Nc1cccc2ccccc12. The van der Waals surface area contributed by atoms with Crippen molar-refractivity contribution < 1.29 is 17.7 Å². The van der Waals surface area contributed by atoms with E-state index in [1.54, 1.807) is 13.8 Å². The Morgan fingerprint density at radius 1 is 1.00 bits per heavy atom. The van der Waals surface area contributed by atoms with Gasteiger partial charge in [-0.1, -0.05) is 65.8 Å². The van der Waals surface area contributed by atoms with Crippen LogP contribution in [-0.2, 0) is 27.8 Å². The lowest BCUT2D eigenvalue weighted by Gasteiger charge is -2.35. The van der Waals surface area contributed by atoms with Gasteiger partial charge in [-0.05, 0) is 42.8 Å². The minimum atomic E-state index is -4.04. The van der Waals surface area contributed by atoms with E-state index in [4.69, 9.17) is 4.52 Å². The Morgan fingerprint density at radius 3 is 2.45 bits per heavy atom. The summed E-state index contributed by atoms with van der Waals surface area (Å²) in [7, 11) is -4.04. The molecule has 0 saturated heterocycles. The van der Waals surface area contributed by atoms with Crippen LogP contribution in [-0.4, -0.2) is 29.8 Å². The number of carbonyl (C=O) groups excluding carboxylic acids is 1. The Labute approximate surface area is 192 Å². The molecule has 0 spiro atoms. The maximum Gasteiger partial charge on any atom is 0.249 e. The molecule has 1 aliphatic rings. The molecule has 0 saturated carbocycles. The van der Waals surface area contributed by atoms with Gasteiger partial charge in [-0.3, -0.25) is 4.79 Å². The van der Waals surface area contributed by atoms with Crippen LogP contribution in [0.15, 0.2) is 76.1 Å². The number of amides is 1. The Kier molecular flexibility index (Phi) is 5.26. The van der Waals surface area contributed by atoms with Crippen LogP contribution in [0.25, 0.3) is 10.8 Å². The van der Waals surface area contributed by atoms with Gasteiger partial charge in [-0.15, -0.1) is 0 Å². The van der Waals surface area contributed by atoms with E-state index in [0.29, 0.717) is 5.69 Å². The molecule has 4 aromatic rings. The summed E-state index contributed by atoms with van der Waals surface area (Å²) in [5, 5.41) is 8.67. The zero-order valence-corrected chi connectivity index (χ0v) is 19.1. The third kappa shape index (κ3) is 3.71. The summed E-state index contributed by atoms with van der Waals surface area (Å²) in [6, 6.07) is 20.1. The topological polar surface area (TPSA) is 92.5 Å². The molecule has 1 atom stereocenters. The number of nitrogens with zero attached hydrogens (tertiary/aromatic N) is 2. The average Bonchev–Trinajstić information content (AvgIpc) is 3.17. The molecule has 3 aromatic carbocycles. The first-order chi connectivity index (χ1) is 15.9. The molecule has 1 unspecified atom stereocenters. The van der Waals surface area contributed by atoms with Crippen molar-refractivity contribution in [2.45, 2.75) is 37.8 Å². The van der Waals surface area contributed by atoms with E-state index in [1.807, 2.05) is 66.7 Å². The van der Waals surface area contributed by atoms with E-state index in [1.165, 1.54) is 4.31 Å². The Morgan fingerprint density at radius 2 is 1.70 bits per heavy atom. The fourth-order valence-electron chi connectivity index (χ4n) is 4.49. The van der Waals surface area contributed by atoms with Gasteiger partial charge in [-0.25, -0.2) is 8.42 Å². The van der Waals surface area contributed by atoms with E-state index in [0.717, 1.165) is 21.9 Å². The maximum absolute atomic E-state index is 13.7. The molecule has 0 bridgehead atoms. The van der Waals surface area contributed by atoms with Gasteiger partial charge in [0.2, 0.25) is 15.9 Å². The van der Waals surface area contributed by atoms with Crippen LogP contribution in [0, 0.1) is 13.8 Å².